The molecule has 0 spiro atoms. The summed E-state index contributed by atoms with van der Waals surface area (Å²) in [6.07, 6.45) is 0.415. The van der Waals surface area contributed by atoms with Crippen LogP contribution in [0.1, 0.15) is 35.1 Å². The van der Waals surface area contributed by atoms with E-state index in [2.05, 4.69) is 36.6 Å². The fraction of sp³-hybridized carbons (Fsp3) is 0.444. The minimum atomic E-state index is -1.13. The van der Waals surface area contributed by atoms with Crippen molar-refractivity contribution in [2.45, 2.75) is 31.1 Å². The Labute approximate surface area is 179 Å². The van der Waals surface area contributed by atoms with Gasteiger partial charge >= 0.3 is 6.09 Å². The van der Waals surface area contributed by atoms with Gasteiger partial charge in [0.05, 0.1) is 30.2 Å². The Kier molecular flexibility index (Phi) is 7.00. The van der Waals surface area contributed by atoms with Gasteiger partial charge in [-0.25, -0.2) is 14.2 Å². The number of pyridine rings is 1. The number of anilines is 1. The van der Waals surface area contributed by atoms with Crippen LogP contribution in [0.15, 0.2) is 22.9 Å². The number of nitrogens with zero attached hydrogens (tertiary/aromatic N) is 3. The number of ether oxygens (including phenoxy) is 2. The normalized spacial score (nSPS) is 21.7. The van der Waals surface area contributed by atoms with Gasteiger partial charge in [-0.15, -0.1) is 0 Å². The average Bonchev–Trinajstić information content (AvgIpc) is 2.93. The van der Waals surface area contributed by atoms with Gasteiger partial charge < -0.3 is 25.2 Å². The number of halogens is 2. The van der Waals surface area contributed by atoms with Crippen molar-refractivity contribution >= 4 is 33.6 Å². The molecule has 12 heteroatoms. The van der Waals surface area contributed by atoms with E-state index in [0.29, 0.717) is 24.2 Å². The molecule has 1 aliphatic heterocycles. The summed E-state index contributed by atoms with van der Waals surface area (Å²) in [6, 6.07) is 1.99. The molecular formula is C18H21BrFN5O5. The number of carboxylic acid groups (broad SMARTS) is 1. The molecule has 0 saturated carbocycles. The fourth-order valence-electron chi connectivity index (χ4n) is 3.35. The van der Waals surface area contributed by atoms with E-state index in [4.69, 9.17) is 14.6 Å². The van der Waals surface area contributed by atoms with Crippen molar-refractivity contribution < 1.29 is 28.6 Å². The maximum absolute atomic E-state index is 13.4. The largest absolute Gasteiger partial charge is 0.465 e. The molecule has 1 fully saturated rings. The fourth-order valence-corrected chi connectivity index (χ4v) is 3.68. The highest BCUT2D eigenvalue weighted by Gasteiger charge is 2.32. The van der Waals surface area contributed by atoms with Gasteiger partial charge in [0.1, 0.15) is 22.5 Å². The van der Waals surface area contributed by atoms with Crippen molar-refractivity contribution in [3.8, 4) is 0 Å². The number of amides is 2. The summed E-state index contributed by atoms with van der Waals surface area (Å²) in [5.41, 5.74) is 1.08. The van der Waals surface area contributed by atoms with Crippen molar-refractivity contribution in [3.63, 3.8) is 0 Å². The first kappa shape index (κ1) is 22.1. The van der Waals surface area contributed by atoms with Crippen LogP contribution in [0.25, 0.3) is 0 Å². The van der Waals surface area contributed by atoms with Crippen LogP contribution >= 0.6 is 15.9 Å². The summed E-state index contributed by atoms with van der Waals surface area (Å²) in [6.45, 7) is 0.164. The molecule has 2 amide bonds. The summed E-state index contributed by atoms with van der Waals surface area (Å²) in [7, 11) is 3.21. The van der Waals surface area contributed by atoms with Crippen molar-refractivity contribution in [2.75, 3.05) is 19.0 Å². The van der Waals surface area contributed by atoms with Gasteiger partial charge in [-0.2, -0.15) is 5.10 Å². The third kappa shape index (κ3) is 4.94. The molecule has 2 aromatic rings. The molecule has 30 heavy (non-hydrogen) atoms. The molecule has 10 nitrogen and oxygen atoms in total. The van der Waals surface area contributed by atoms with Crippen LogP contribution in [0.5, 0.6) is 0 Å². The van der Waals surface area contributed by atoms with Gasteiger partial charge in [-0.1, -0.05) is 0 Å². The predicted molar refractivity (Wildman–Crippen MR) is 107 cm³/mol. The van der Waals surface area contributed by atoms with E-state index in [1.165, 1.54) is 19.4 Å². The molecule has 0 aliphatic carbocycles. The Bertz CT molecular complexity index is 940. The molecule has 3 atom stereocenters. The molecule has 3 heterocycles. The number of nitrogens with one attached hydrogen (secondary N) is 2. The van der Waals surface area contributed by atoms with Gasteiger partial charge in [-0.05, 0) is 40.9 Å². The molecule has 1 aliphatic rings. The zero-order chi connectivity index (χ0) is 21.8. The Morgan fingerprint density at radius 3 is 2.83 bits per heavy atom. The van der Waals surface area contributed by atoms with Crippen LogP contribution in [0.2, 0.25) is 0 Å². The van der Waals surface area contributed by atoms with Crippen LogP contribution in [0.3, 0.4) is 0 Å². The summed E-state index contributed by atoms with van der Waals surface area (Å²) in [5.74, 6) is -1.10. The number of hydrogen-bond acceptors (Lipinski definition) is 6. The zero-order valence-corrected chi connectivity index (χ0v) is 17.8. The third-order valence-corrected chi connectivity index (χ3v) is 5.39. The smallest absolute Gasteiger partial charge is 0.404 e. The van der Waals surface area contributed by atoms with Crippen molar-refractivity contribution in [1.29, 1.82) is 0 Å². The molecule has 3 N–H and O–H groups in total. The monoisotopic (exact) mass is 485 g/mol. The van der Waals surface area contributed by atoms with E-state index in [9.17, 15) is 14.0 Å². The lowest BCUT2D eigenvalue weighted by Crippen LogP contribution is -2.44. The van der Waals surface area contributed by atoms with Crippen LogP contribution in [-0.2, 0) is 16.5 Å². The van der Waals surface area contributed by atoms with Gasteiger partial charge in [0, 0.05) is 14.2 Å². The quantitative estimate of drug-likeness (QED) is 0.554. The maximum atomic E-state index is 13.4. The highest BCUT2D eigenvalue weighted by atomic mass is 79.9. The summed E-state index contributed by atoms with van der Waals surface area (Å²) in [4.78, 5) is 27.5. The zero-order valence-electron chi connectivity index (χ0n) is 16.3. The second kappa shape index (κ2) is 9.49. The molecule has 0 radical (unpaired) electrons. The Hall–Kier alpha value is -2.57. The highest BCUT2D eigenvalue weighted by molar-refractivity contribution is 9.10. The first-order valence-electron chi connectivity index (χ1n) is 9.09. The second-order valence-electron chi connectivity index (χ2n) is 6.72. The molecule has 3 rings (SSSR count). The van der Waals surface area contributed by atoms with E-state index in [-0.39, 0.29) is 16.9 Å². The van der Waals surface area contributed by atoms with E-state index in [1.807, 2.05) is 0 Å². The van der Waals surface area contributed by atoms with Crippen molar-refractivity contribution in [1.82, 2.24) is 20.1 Å². The van der Waals surface area contributed by atoms with E-state index in [1.54, 1.807) is 11.7 Å². The molecular weight excluding hydrogens is 465 g/mol. The van der Waals surface area contributed by atoms with Crippen LogP contribution in [-0.4, -0.2) is 57.7 Å². The highest BCUT2D eigenvalue weighted by Crippen LogP contribution is 2.33. The van der Waals surface area contributed by atoms with Gasteiger partial charge in [0.2, 0.25) is 0 Å². The molecule has 2 aromatic heterocycles. The number of aromatic nitrogens is 3. The SMILES string of the molecule is CO[C@H]1CO[C@H](c2c(NC(=O)c3ccc(F)c(Br)n3)cnn2C)CC[C@H]1NC(=O)O. The number of methoxy groups -OCH3 is 1. The summed E-state index contributed by atoms with van der Waals surface area (Å²) < 4.78 is 26.2. The number of carbonyl (C=O) groups excluding carboxylic acids is 1. The minimum Gasteiger partial charge on any atom is -0.465 e. The van der Waals surface area contributed by atoms with Crippen molar-refractivity contribution in [2.24, 2.45) is 7.05 Å². The van der Waals surface area contributed by atoms with E-state index < -0.39 is 36.1 Å². The van der Waals surface area contributed by atoms with Gasteiger partial charge in [-0.3, -0.25) is 9.48 Å². The molecule has 0 unspecified atom stereocenters. The van der Waals surface area contributed by atoms with E-state index in [0.717, 1.165) is 6.07 Å². The van der Waals surface area contributed by atoms with Gasteiger partial charge in [0.15, 0.2) is 5.82 Å². The average molecular weight is 486 g/mol. The molecule has 162 valence electrons. The summed E-state index contributed by atoms with van der Waals surface area (Å²) >= 11 is 2.96. The topological polar surface area (TPSA) is 128 Å². The lowest BCUT2D eigenvalue weighted by atomic mass is 10.0. The van der Waals surface area contributed by atoms with Crippen LogP contribution in [0.4, 0.5) is 14.9 Å². The minimum absolute atomic E-state index is 0.0324. The predicted octanol–water partition coefficient (Wildman–Crippen LogP) is 2.47. The lowest BCUT2D eigenvalue weighted by molar-refractivity contribution is -0.0242. The molecule has 0 aromatic carbocycles. The molecule has 0 bridgehead atoms. The lowest BCUT2D eigenvalue weighted by Gasteiger charge is -2.22. The Morgan fingerprint density at radius 2 is 2.17 bits per heavy atom. The number of rotatable bonds is 5. The first-order valence-corrected chi connectivity index (χ1v) is 9.88. The number of carbonyl (C=O) groups is 2. The second-order valence-corrected chi connectivity index (χ2v) is 7.47. The number of aryl methyl sites for hydroxylation is 1. The van der Waals surface area contributed by atoms with E-state index >= 15 is 0 Å². The Balaban J connectivity index is 1.79. The maximum Gasteiger partial charge on any atom is 0.404 e. The first-order chi connectivity index (χ1) is 14.3. The van der Waals surface area contributed by atoms with Crippen LogP contribution in [0, 0.1) is 5.82 Å². The molecule has 1 saturated heterocycles. The van der Waals surface area contributed by atoms with Crippen molar-refractivity contribution in [3.05, 3.63) is 40.1 Å². The van der Waals surface area contributed by atoms with Gasteiger partial charge in [0.25, 0.3) is 5.91 Å². The summed E-state index contributed by atoms with van der Waals surface area (Å²) in [5, 5.41) is 18.4. The third-order valence-electron chi connectivity index (χ3n) is 4.84. The Morgan fingerprint density at radius 1 is 1.40 bits per heavy atom. The van der Waals surface area contributed by atoms with Crippen LogP contribution < -0.4 is 10.6 Å². The standard InChI is InChI=1S/C18H21BrFN5O5/c1-25-15(13-6-5-10(24-18(27)28)14(29-2)8-30-13)12(7-21-25)23-17(26)11-4-3-9(20)16(19)22-11/h3-4,7,10,13-14,24H,5-6,8H2,1-2H3,(H,23,26)(H,27,28)/t10-,13+,14+/m1/s1. The number of hydrogen-bond donors (Lipinski definition) is 3.